The van der Waals surface area contributed by atoms with Crippen LogP contribution < -0.4 is 5.32 Å². The van der Waals surface area contributed by atoms with Crippen molar-refractivity contribution in [2.24, 2.45) is 0 Å². The van der Waals surface area contributed by atoms with Crippen molar-refractivity contribution in [3.05, 3.63) is 52.7 Å². The van der Waals surface area contributed by atoms with Gasteiger partial charge in [0.25, 0.3) is 5.91 Å². The first-order valence-electron chi connectivity index (χ1n) is 5.98. The van der Waals surface area contributed by atoms with Gasteiger partial charge in [0.1, 0.15) is 17.1 Å². The van der Waals surface area contributed by atoms with E-state index in [9.17, 15) is 9.18 Å². The number of carbonyl (C=O) groups is 1. The molecule has 19 heavy (non-hydrogen) atoms. The third kappa shape index (κ3) is 2.81. The van der Waals surface area contributed by atoms with Gasteiger partial charge in [0.2, 0.25) is 0 Å². The Balaban J connectivity index is 2.13. The number of aryl methyl sites for hydroxylation is 2. The Labute approximate surface area is 110 Å². The number of benzene rings is 1. The summed E-state index contributed by atoms with van der Waals surface area (Å²) in [7, 11) is 0. The van der Waals surface area contributed by atoms with Gasteiger partial charge in [-0.05, 0) is 38.5 Å². The highest BCUT2D eigenvalue weighted by Crippen LogP contribution is 2.16. The average Bonchev–Trinajstić information content (AvgIpc) is 2.69. The zero-order valence-electron chi connectivity index (χ0n) is 11.0. The van der Waals surface area contributed by atoms with Gasteiger partial charge in [-0.2, -0.15) is 0 Å². The van der Waals surface area contributed by atoms with Crippen molar-refractivity contribution in [2.75, 3.05) is 0 Å². The number of amides is 1. The van der Waals surface area contributed by atoms with E-state index in [0.717, 1.165) is 5.56 Å². The maximum absolute atomic E-state index is 12.8. The van der Waals surface area contributed by atoms with Crippen molar-refractivity contribution in [3.63, 3.8) is 0 Å². The van der Waals surface area contributed by atoms with Crippen LogP contribution in [-0.4, -0.2) is 11.1 Å². The maximum atomic E-state index is 12.8. The van der Waals surface area contributed by atoms with Crippen LogP contribution in [-0.2, 0) is 0 Å². The summed E-state index contributed by atoms with van der Waals surface area (Å²) >= 11 is 0. The predicted molar refractivity (Wildman–Crippen MR) is 68.3 cm³/mol. The highest BCUT2D eigenvalue weighted by atomic mass is 19.1. The van der Waals surface area contributed by atoms with Crippen molar-refractivity contribution < 1.29 is 13.7 Å². The molecule has 100 valence electrons. The van der Waals surface area contributed by atoms with Crippen LogP contribution in [0, 0.1) is 19.7 Å². The van der Waals surface area contributed by atoms with Gasteiger partial charge < -0.3 is 9.84 Å². The fraction of sp³-hybridized carbons (Fsp3) is 0.286. The lowest BCUT2D eigenvalue weighted by molar-refractivity contribution is 0.0938. The number of nitrogens with one attached hydrogen (secondary N) is 1. The fourth-order valence-corrected chi connectivity index (χ4v) is 1.91. The molecule has 1 amide bonds. The minimum absolute atomic E-state index is 0.221. The van der Waals surface area contributed by atoms with Gasteiger partial charge >= 0.3 is 0 Å². The Morgan fingerprint density at radius 1 is 1.32 bits per heavy atom. The lowest BCUT2D eigenvalue weighted by Crippen LogP contribution is -2.27. The van der Waals surface area contributed by atoms with Crippen molar-refractivity contribution in [1.82, 2.24) is 10.5 Å². The van der Waals surface area contributed by atoms with Crippen LogP contribution in [0.25, 0.3) is 0 Å². The van der Waals surface area contributed by atoms with E-state index < -0.39 is 0 Å². The van der Waals surface area contributed by atoms with Gasteiger partial charge in [-0.25, -0.2) is 4.39 Å². The minimum atomic E-state index is -0.298. The molecule has 2 aromatic rings. The van der Waals surface area contributed by atoms with E-state index in [4.69, 9.17) is 4.52 Å². The monoisotopic (exact) mass is 262 g/mol. The first-order chi connectivity index (χ1) is 8.99. The van der Waals surface area contributed by atoms with Crippen LogP contribution in [0.4, 0.5) is 4.39 Å². The van der Waals surface area contributed by atoms with Crippen molar-refractivity contribution in [1.29, 1.82) is 0 Å². The highest BCUT2D eigenvalue weighted by Gasteiger charge is 2.19. The normalized spacial score (nSPS) is 12.2. The third-order valence-electron chi connectivity index (χ3n) is 2.98. The topological polar surface area (TPSA) is 55.1 Å². The Hall–Kier alpha value is -2.17. The number of halogens is 1. The SMILES string of the molecule is Cc1noc(C)c1C(=O)N[C@H](C)c1ccc(F)cc1. The number of nitrogens with zero attached hydrogens (tertiary/aromatic N) is 1. The molecule has 0 spiro atoms. The van der Waals surface area contributed by atoms with Crippen molar-refractivity contribution in [3.8, 4) is 0 Å². The predicted octanol–water partition coefficient (Wildman–Crippen LogP) is 2.92. The molecule has 0 aliphatic rings. The summed E-state index contributed by atoms with van der Waals surface area (Å²) in [5.41, 5.74) is 1.84. The Bertz CT molecular complexity index is 570. The standard InChI is InChI=1S/C14H15FN2O2/c1-8(11-4-6-12(15)7-5-11)16-14(18)13-9(2)17-19-10(13)3/h4-8H,1-3H3,(H,16,18)/t8-/m1/s1. The summed E-state index contributed by atoms with van der Waals surface area (Å²) in [5.74, 6) is -0.0534. The zero-order valence-corrected chi connectivity index (χ0v) is 11.0. The van der Waals surface area contributed by atoms with Crippen LogP contribution in [0.3, 0.4) is 0 Å². The van der Waals surface area contributed by atoms with Crippen LogP contribution in [0.2, 0.25) is 0 Å². The molecule has 4 nitrogen and oxygen atoms in total. The molecule has 0 aliphatic carbocycles. The summed E-state index contributed by atoms with van der Waals surface area (Å²) in [6.45, 7) is 5.24. The van der Waals surface area contributed by atoms with Crippen molar-refractivity contribution in [2.45, 2.75) is 26.8 Å². The Morgan fingerprint density at radius 3 is 2.47 bits per heavy atom. The number of rotatable bonds is 3. The first-order valence-corrected chi connectivity index (χ1v) is 5.98. The van der Waals surface area contributed by atoms with E-state index in [2.05, 4.69) is 10.5 Å². The fourth-order valence-electron chi connectivity index (χ4n) is 1.91. The largest absolute Gasteiger partial charge is 0.361 e. The second kappa shape index (κ2) is 5.22. The molecule has 5 heteroatoms. The first kappa shape index (κ1) is 13.3. The molecule has 0 radical (unpaired) electrons. The van der Waals surface area contributed by atoms with E-state index in [0.29, 0.717) is 17.0 Å². The van der Waals surface area contributed by atoms with E-state index in [-0.39, 0.29) is 17.8 Å². The molecule has 0 aliphatic heterocycles. The van der Waals surface area contributed by atoms with Gasteiger partial charge in [0.05, 0.1) is 11.7 Å². The maximum Gasteiger partial charge on any atom is 0.257 e. The molecule has 0 saturated heterocycles. The molecule has 2 rings (SSSR count). The Morgan fingerprint density at radius 2 is 1.95 bits per heavy atom. The van der Waals surface area contributed by atoms with Gasteiger partial charge in [0.15, 0.2) is 0 Å². The Kier molecular flexibility index (Phi) is 3.64. The smallest absolute Gasteiger partial charge is 0.257 e. The van der Waals surface area contributed by atoms with Gasteiger partial charge in [-0.15, -0.1) is 0 Å². The summed E-state index contributed by atoms with van der Waals surface area (Å²) in [4.78, 5) is 12.1. The number of aromatic nitrogens is 1. The summed E-state index contributed by atoms with van der Waals surface area (Å²) < 4.78 is 17.8. The van der Waals surface area contributed by atoms with E-state index in [1.165, 1.54) is 12.1 Å². The molecule has 1 heterocycles. The molecule has 1 aromatic carbocycles. The molecule has 1 aromatic heterocycles. The number of hydrogen-bond donors (Lipinski definition) is 1. The molecule has 0 saturated carbocycles. The number of hydrogen-bond acceptors (Lipinski definition) is 3. The lowest BCUT2D eigenvalue weighted by atomic mass is 10.1. The van der Waals surface area contributed by atoms with Crippen molar-refractivity contribution >= 4 is 5.91 Å². The number of carbonyl (C=O) groups excluding carboxylic acids is 1. The summed E-state index contributed by atoms with van der Waals surface area (Å²) in [6.07, 6.45) is 0. The second-order valence-corrected chi connectivity index (χ2v) is 4.45. The molecule has 0 fully saturated rings. The quantitative estimate of drug-likeness (QED) is 0.925. The molecular formula is C14H15FN2O2. The molecule has 1 N–H and O–H groups in total. The van der Waals surface area contributed by atoms with Gasteiger partial charge in [-0.1, -0.05) is 17.3 Å². The molecular weight excluding hydrogens is 247 g/mol. The van der Waals surface area contributed by atoms with E-state index in [1.807, 2.05) is 6.92 Å². The van der Waals surface area contributed by atoms with E-state index >= 15 is 0 Å². The average molecular weight is 262 g/mol. The lowest BCUT2D eigenvalue weighted by Gasteiger charge is -2.14. The minimum Gasteiger partial charge on any atom is -0.361 e. The molecule has 1 atom stereocenters. The van der Waals surface area contributed by atoms with Gasteiger partial charge in [-0.3, -0.25) is 4.79 Å². The third-order valence-corrected chi connectivity index (χ3v) is 2.98. The van der Waals surface area contributed by atoms with Gasteiger partial charge in [0, 0.05) is 0 Å². The van der Waals surface area contributed by atoms with Crippen LogP contribution >= 0.6 is 0 Å². The molecule has 0 bridgehead atoms. The summed E-state index contributed by atoms with van der Waals surface area (Å²) in [6, 6.07) is 5.81. The van der Waals surface area contributed by atoms with E-state index in [1.54, 1.807) is 26.0 Å². The zero-order chi connectivity index (χ0) is 14.0. The van der Waals surface area contributed by atoms with Crippen LogP contribution in [0.1, 0.15) is 40.3 Å². The van der Waals surface area contributed by atoms with Crippen LogP contribution in [0.5, 0.6) is 0 Å². The highest BCUT2D eigenvalue weighted by molar-refractivity contribution is 5.96. The summed E-state index contributed by atoms with van der Waals surface area (Å²) in [5, 5.41) is 6.58. The second-order valence-electron chi connectivity index (χ2n) is 4.45. The molecule has 0 unspecified atom stereocenters. The van der Waals surface area contributed by atoms with Crippen LogP contribution in [0.15, 0.2) is 28.8 Å².